The molecule has 104 valence electrons. The molecule has 0 aliphatic heterocycles. The zero-order chi connectivity index (χ0) is 13.8. The van der Waals surface area contributed by atoms with Crippen molar-refractivity contribution in [3.05, 3.63) is 29.6 Å². The number of carbonyl (C=O) groups excluding carboxylic acids is 1. The van der Waals surface area contributed by atoms with Crippen molar-refractivity contribution in [1.29, 1.82) is 0 Å². The molecule has 0 heterocycles. The van der Waals surface area contributed by atoms with Gasteiger partial charge in [-0.05, 0) is 49.8 Å². The molecule has 1 aliphatic rings. The van der Waals surface area contributed by atoms with Crippen molar-refractivity contribution >= 4 is 11.7 Å². The van der Waals surface area contributed by atoms with Gasteiger partial charge in [-0.25, -0.2) is 9.18 Å². The van der Waals surface area contributed by atoms with Crippen LogP contribution in [0.5, 0.6) is 0 Å². The summed E-state index contributed by atoms with van der Waals surface area (Å²) in [4.78, 5) is 11.7. The van der Waals surface area contributed by atoms with Gasteiger partial charge < -0.3 is 10.1 Å². The second-order valence-electron chi connectivity index (χ2n) is 5.28. The summed E-state index contributed by atoms with van der Waals surface area (Å²) >= 11 is 0. The van der Waals surface area contributed by atoms with E-state index in [4.69, 9.17) is 4.74 Å². The molecule has 1 saturated carbocycles. The first-order valence-electron chi connectivity index (χ1n) is 6.74. The second-order valence-corrected chi connectivity index (χ2v) is 5.28. The van der Waals surface area contributed by atoms with E-state index in [0.29, 0.717) is 11.7 Å². The monoisotopic (exact) mass is 265 g/mol. The number of ether oxygens (including phenoxy) is 1. The Morgan fingerprint density at radius 1 is 1.32 bits per heavy atom. The third-order valence-electron chi connectivity index (χ3n) is 3.76. The van der Waals surface area contributed by atoms with Gasteiger partial charge in [0.15, 0.2) is 0 Å². The van der Waals surface area contributed by atoms with E-state index in [2.05, 4.69) is 12.2 Å². The Hall–Kier alpha value is -1.58. The van der Waals surface area contributed by atoms with Crippen molar-refractivity contribution in [3.63, 3.8) is 0 Å². The average Bonchev–Trinajstić information content (AvgIpc) is 2.42. The lowest BCUT2D eigenvalue weighted by Gasteiger charge is -2.28. The molecular formula is C15H20FNO2. The van der Waals surface area contributed by atoms with Gasteiger partial charge in [0.2, 0.25) is 0 Å². The van der Waals surface area contributed by atoms with E-state index in [0.717, 1.165) is 18.8 Å². The van der Waals surface area contributed by atoms with Crippen molar-refractivity contribution in [1.82, 2.24) is 0 Å². The zero-order valence-electron chi connectivity index (χ0n) is 11.4. The molecule has 4 heteroatoms. The molecule has 0 saturated heterocycles. The van der Waals surface area contributed by atoms with Crippen LogP contribution < -0.4 is 5.32 Å². The van der Waals surface area contributed by atoms with Gasteiger partial charge in [-0.3, -0.25) is 0 Å². The highest BCUT2D eigenvalue weighted by Crippen LogP contribution is 2.27. The van der Waals surface area contributed by atoms with Crippen molar-refractivity contribution < 1.29 is 13.9 Å². The highest BCUT2D eigenvalue weighted by atomic mass is 19.1. The predicted molar refractivity (Wildman–Crippen MR) is 72.8 cm³/mol. The highest BCUT2D eigenvalue weighted by Gasteiger charge is 2.20. The van der Waals surface area contributed by atoms with Crippen LogP contribution in [0.15, 0.2) is 18.2 Å². The molecule has 0 spiro atoms. The lowest BCUT2D eigenvalue weighted by molar-refractivity contribution is 0.0601. The Morgan fingerprint density at radius 2 is 2.00 bits per heavy atom. The Bertz CT molecular complexity index is 453. The molecule has 2 rings (SSSR count). The summed E-state index contributed by atoms with van der Waals surface area (Å²) in [5, 5.41) is 3.34. The summed E-state index contributed by atoms with van der Waals surface area (Å²) in [6, 6.07) is 4.55. The largest absolute Gasteiger partial charge is 0.465 e. The topological polar surface area (TPSA) is 38.3 Å². The molecule has 1 aromatic rings. The number of nitrogens with one attached hydrogen (secondary N) is 1. The van der Waals surface area contributed by atoms with Gasteiger partial charge in [-0.15, -0.1) is 0 Å². The van der Waals surface area contributed by atoms with Gasteiger partial charge in [0, 0.05) is 11.7 Å². The van der Waals surface area contributed by atoms with Crippen LogP contribution in [0.25, 0.3) is 0 Å². The van der Waals surface area contributed by atoms with Gasteiger partial charge in [0.25, 0.3) is 0 Å². The number of halogens is 1. The SMILES string of the molecule is COC(=O)c1cc(F)ccc1NC1CCC(C)CC1. The van der Waals surface area contributed by atoms with E-state index in [9.17, 15) is 9.18 Å². The van der Waals surface area contributed by atoms with Crippen LogP contribution >= 0.6 is 0 Å². The number of esters is 1. The smallest absolute Gasteiger partial charge is 0.340 e. The average molecular weight is 265 g/mol. The molecule has 0 bridgehead atoms. The van der Waals surface area contributed by atoms with Crippen LogP contribution in [-0.2, 0) is 4.74 Å². The van der Waals surface area contributed by atoms with Gasteiger partial charge in [-0.2, -0.15) is 0 Å². The number of rotatable bonds is 3. The van der Waals surface area contributed by atoms with Crippen LogP contribution in [0.1, 0.15) is 43.0 Å². The van der Waals surface area contributed by atoms with Crippen LogP contribution in [0.4, 0.5) is 10.1 Å². The van der Waals surface area contributed by atoms with E-state index in [1.165, 1.54) is 32.1 Å². The maximum atomic E-state index is 13.2. The van der Waals surface area contributed by atoms with Crippen molar-refractivity contribution in [3.8, 4) is 0 Å². The number of methoxy groups -OCH3 is 1. The Morgan fingerprint density at radius 3 is 2.63 bits per heavy atom. The molecule has 0 unspecified atom stereocenters. The molecular weight excluding hydrogens is 245 g/mol. The summed E-state index contributed by atoms with van der Waals surface area (Å²) in [5.74, 6) is -0.166. The number of benzene rings is 1. The summed E-state index contributed by atoms with van der Waals surface area (Å²) in [6.45, 7) is 2.26. The van der Waals surface area contributed by atoms with E-state index < -0.39 is 11.8 Å². The lowest BCUT2D eigenvalue weighted by Crippen LogP contribution is -2.26. The maximum Gasteiger partial charge on any atom is 0.340 e. The molecule has 1 fully saturated rings. The fraction of sp³-hybridized carbons (Fsp3) is 0.533. The summed E-state index contributed by atoms with van der Waals surface area (Å²) in [6.07, 6.45) is 4.54. The second kappa shape index (κ2) is 6.04. The van der Waals surface area contributed by atoms with Crippen molar-refractivity contribution in [2.75, 3.05) is 12.4 Å². The molecule has 0 amide bonds. The van der Waals surface area contributed by atoms with E-state index in [-0.39, 0.29) is 5.56 Å². The van der Waals surface area contributed by atoms with Crippen LogP contribution in [0.2, 0.25) is 0 Å². The minimum atomic E-state index is -0.508. The molecule has 1 aliphatic carbocycles. The number of anilines is 1. The van der Waals surface area contributed by atoms with Crippen LogP contribution in [-0.4, -0.2) is 19.1 Å². The third kappa shape index (κ3) is 3.46. The Balaban J connectivity index is 2.13. The highest BCUT2D eigenvalue weighted by molar-refractivity contribution is 5.95. The normalized spacial score (nSPS) is 22.9. The van der Waals surface area contributed by atoms with Gasteiger partial charge in [-0.1, -0.05) is 6.92 Å². The standard InChI is InChI=1S/C15H20FNO2/c1-10-3-6-12(7-4-10)17-14-8-5-11(16)9-13(14)15(18)19-2/h5,8-10,12,17H,3-4,6-7H2,1-2H3. The minimum absolute atomic E-state index is 0.265. The predicted octanol–water partition coefficient (Wildman–Crippen LogP) is 3.60. The molecule has 1 N–H and O–H groups in total. The lowest BCUT2D eigenvalue weighted by atomic mass is 9.87. The Labute approximate surface area is 113 Å². The quantitative estimate of drug-likeness (QED) is 0.849. The first-order chi connectivity index (χ1) is 9.10. The summed E-state index contributed by atoms with van der Waals surface area (Å²) in [5.41, 5.74) is 0.925. The fourth-order valence-corrected chi connectivity index (χ4v) is 2.55. The number of hydrogen-bond donors (Lipinski definition) is 1. The van der Waals surface area contributed by atoms with E-state index in [1.54, 1.807) is 6.07 Å². The maximum absolute atomic E-state index is 13.2. The molecule has 19 heavy (non-hydrogen) atoms. The molecule has 0 atom stereocenters. The zero-order valence-corrected chi connectivity index (χ0v) is 11.4. The number of hydrogen-bond acceptors (Lipinski definition) is 3. The third-order valence-corrected chi connectivity index (χ3v) is 3.76. The van der Waals surface area contributed by atoms with Crippen molar-refractivity contribution in [2.24, 2.45) is 5.92 Å². The minimum Gasteiger partial charge on any atom is -0.465 e. The number of carbonyl (C=O) groups is 1. The van der Waals surface area contributed by atoms with Crippen LogP contribution in [0, 0.1) is 11.7 Å². The first-order valence-corrected chi connectivity index (χ1v) is 6.74. The Kier molecular flexibility index (Phi) is 4.40. The van der Waals surface area contributed by atoms with E-state index in [1.807, 2.05) is 0 Å². The molecule has 0 aromatic heterocycles. The van der Waals surface area contributed by atoms with Crippen molar-refractivity contribution in [2.45, 2.75) is 38.6 Å². The summed E-state index contributed by atoms with van der Waals surface area (Å²) in [7, 11) is 1.30. The first kappa shape index (κ1) is 13.8. The molecule has 3 nitrogen and oxygen atoms in total. The molecule has 0 radical (unpaired) electrons. The van der Waals surface area contributed by atoms with Gasteiger partial charge >= 0.3 is 5.97 Å². The van der Waals surface area contributed by atoms with Gasteiger partial charge in [0.05, 0.1) is 12.7 Å². The summed E-state index contributed by atoms with van der Waals surface area (Å²) < 4.78 is 17.9. The fourth-order valence-electron chi connectivity index (χ4n) is 2.55. The van der Waals surface area contributed by atoms with Gasteiger partial charge in [0.1, 0.15) is 5.82 Å². The van der Waals surface area contributed by atoms with Crippen LogP contribution in [0.3, 0.4) is 0 Å². The van der Waals surface area contributed by atoms with E-state index >= 15 is 0 Å². The molecule has 1 aromatic carbocycles.